The van der Waals surface area contributed by atoms with Crippen LogP contribution in [0.3, 0.4) is 0 Å². The molecule has 0 aromatic carbocycles. The van der Waals surface area contributed by atoms with E-state index in [2.05, 4.69) is 34.8 Å². The minimum Gasteiger partial charge on any atom is -0.461 e. The summed E-state index contributed by atoms with van der Waals surface area (Å²) in [6.45, 7) is 9.11. The lowest BCUT2D eigenvalue weighted by Crippen LogP contribution is -2.10. The van der Waals surface area contributed by atoms with E-state index in [4.69, 9.17) is 4.74 Å². The number of esters is 1. The summed E-state index contributed by atoms with van der Waals surface area (Å²) in [5.41, 5.74) is 1.24. The molecule has 0 aliphatic carbocycles. The van der Waals surface area contributed by atoms with Gasteiger partial charge in [-0.3, -0.25) is 0 Å². The van der Waals surface area contributed by atoms with Crippen LogP contribution in [-0.2, 0) is 11.3 Å². The van der Waals surface area contributed by atoms with Gasteiger partial charge >= 0.3 is 5.97 Å². The predicted octanol–water partition coefficient (Wildman–Crippen LogP) is 2.79. The molecule has 5 heteroatoms. The van der Waals surface area contributed by atoms with E-state index in [1.54, 1.807) is 6.92 Å². The number of imidazole rings is 1. The SMILES string of the molecule is CCOC(=O)c1nc(Br)n(CC(C)C)c1C. The molecule has 0 N–H and O–H groups in total. The fraction of sp³-hybridized carbons (Fsp3) is 0.636. The van der Waals surface area contributed by atoms with Crippen LogP contribution in [-0.4, -0.2) is 22.1 Å². The molecule has 0 bridgehead atoms. The maximum atomic E-state index is 11.6. The van der Waals surface area contributed by atoms with Gasteiger partial charge in [0.15, 0.2) is 10.4 Å². The molecule has 0 amide bonds. The van der Waals surface area contributed by atoms with Crippen molar-refractivity contribution in [2.45, 2.75) is 34.2 Å². The Hall–Kier alpha value is -0.840. The smallest absolute Gasteiger partial charge is 0.358 e. The third kappa shape index (κ3) is 2.84. The molecule has 1 aromatic heterocycles. The first-order chi connectivity index (χ1) is 7.47. The van der Waals surface area contributed by atoms with Crippen LogP contribution in [0.2, 0.25) is 0 Å². The number of carbonyl (C=O) groups is 1. The maximum absolute atomic E-state index is 11.6. The summed E-state index contributed by atoms with van der Waals surface area (Å²) < 4.78 is 7.61. The van der Waals surface area contributed by atoms with Gasteiger partial charge in [-0.15, -0.1) is 0 Å². The summed E-state index contributed by atoms with van der Waals surface area (Å²) in [6, 6.07) is 0. The molecule has 0 unspecified atom stereocenters. The molecule has 0 radical (unpaired) electrons. The van der Waals surface area contributed by atoms with Crippen molar-refractivity contribution in [2.24, 2.45) is 5.92 Å². The average Bonchev–Trinajstić information content (AvgIpc) is 2.45. The van der Waals surface area contributed by atoms with E-state index in [9.17, 15) is 4.79 Å². The lowest BCUT2D eigenvalue weighted by molar-refractivity contribution is 0.0519. The molecule has 0 spiro atoms. The summed E-state index contributed by atoms with van der Waals surface area (Å²) in [5.74, 6) is 0.141. The molecular formula is C11H17BrN2O2. The third-order valence-corrected chi connectivity index (χ3v) is 2.80. The van der Waals surface area contributed by atoms with Crippen molar-refractivity contribution in [3.05, 3.63) is 16.1 Å². The molecular weight excluding hydrogens is 272 g/mol. The minimum atomic E-state index is -0.358. The van der Waals surface area contributed by atoms with Gasteiger partial charge in [-0.2, -0.15) is 0 Å². The fourth-order valence-corrected chi connectivity index (χ4v) is 2.06. The van der Waals surface area contributed by atoms with Crippen molar-refractivity contribution in [1.29, 1.82) is 0 Å². The Labute approximate surface area is 104 Å². The van der Waals surface area contributed by atoms with Gasteiger partial charge in [0.25, 0.3) is 0 Å². The molecule has 1 heterocycles. The van der Waals surface area contributed by atoms with Crippen LogP contribution in [0.1, 0.15) is 37.0 Å². The molecule has 0 saturated carbocycles. The molecule has 0 saturated heterocycles. The van der Waals surface area contributed by atoms with Crippen LogP contribution < -0.4 is 0 Å². The van der Waals surface area contributed by atoms with Crippen LogP contribution >= 0.6 is 15.9 Å². The highest BCUT2D eigenvalue weighted by atomic mass is 79.9. The van der Waals surface area contributed by atoms with Crippen molar-refractivity contribution >= 4 is 21.9 Å². The van der Waals surface area contributed by atoms with Crippen LogP contribution in [0, 0.1) is 12.8 Å². The highest BCUT2D eigenvalue weighted by molar-refractivity contribution is 9.10. The lowest BCUT2D eigenvalue weighted by Gasteiger charge is -2.09. The molecule has 1 rings (SSSR count). The third-order valence-electron chi connectivity index (χ3n) is 2.19. The first-order valence-corrected chi connectivity index (χ1v) is 6.16. The van der Waals surface area contributed by atoms with Crippen molar-refractivity contribution in [3.8, 4) is 0 Å². The van der Waals surface area contributed by atoms with Gasteiger partial charge in [0.05, 0.1) is 12.3 Å². The van der Waals surface area contributed by atoms with Crippen LogP contribution in [0.4, 0.5) is 0 Å². The van der Waals surface area contributed by atoms with Crippen molar-refractivity contribution in [1.82, 2.24) is 9.55 Å². The highest BCUT2D eigenvalue weighted by Crippen LogP contribution is 2.18. The number of ether oxygens (including phenoxy) is 1. The Bertz CT molecular complexity index is 386. The van der Waals surface area contributed by atoms with Crippen molar-refractivity contribution in [2.75, 3.05) is 6.61 Å². The Morgan fingerprint density at radius 3 is 2.69 bits per heavy atom. The van der Waals surface area contributed by atoms with E-state index in [-0.39, 0.29) is 5.97 Å². The van der Waals surface area contributed by atoms with E-state index >= 15 is 0 Å². The van der Waals surface area contributed by atoms with E-state index in [1.807, 2.05) is 11.5 Å². The zero-order chi connectivity index (χ0) is 12.3. The quantitative estimate of drug-likeness (QED) is 0.801. The molecule has 4 nitrogen and oxygen atoms in total. The van der Waals surface area contributed by atoms with Gasteiger partial charge in [0, 0.05) is 6.54 Å². The monoisotopic (exact) mass is 288 g/mol. The van der Waals surface area contributed by atoms with E-state index < -0.39 is 0 Å². The number of halogens is 1. The molecule has 0 aliphatic heterocycles. The second kappa shape index (κ2) is 5.48. The number of hydrogen-bond donors (Lipinski definition) is 0. The molecule has 0 fully saturated rings. The zero-order valence-corrected chi connectivity index (χ0v) is 11.7. The van der Waals surface area contributed by atoms with E-state index in [0.717, 1.165) is 12.2 Å². The van der Waals surface area contributed by atoms with Gasteiger partial charge in [-0.25, -0.2) is 9.78 Å². The van der Waals surface area contributed by atoms with Crippen molar-refractivity contribution in [3.63, 3.8) is 0 Å². The second-order valence-electron chi connectivity index (χ2n) is 4.04. The van der Waals surface area contributed by atoms with Crippen LogP contribution in [0.25, 0.3) is 0 Å². The van der Waals surface area contributed by atoms with E-state index in [0.29, 0.717) is 23.0 Å². The maximum Gasteiger partial charge on any atom is 0.358 e. The first kappa shape index (κ1) is 13.2. The largest absolute Gasteiger partial charge is 0.461 e. The normalized spacial score (nSPS) is 10.9. The number of aromatic nitrogens is 2. The summed E-state index contributed by atoms with van der Waals surface area (Å²) in [7, 11) is 0. The van der Waals surface area contributed by atoms with Gasteiger partial charge in [-0.05, 0) is 35.7 Å². The Morgan fingerprint density at radius 1 is 1.56 bits per heavy atom. The Kier molecular flexibility index (Phi) is 4.53. The molecule has 90 valence electrons. The van der Waals surface area contributed by atoms with Gasteiger partial charge in [0.1, 0.15) is 0 Å². The topological polar surface area (TPSA) is 44.1 Å². The summed E-state index contributed by atoms with van der Waals surface area (Å²) in [6.07, 6.45) is 0. The van der Waals surface area contributed by atoms with Crippen LogP contribution in [0.5, 0.6) is 0 Å². The molecule has 0 aliphatic rings. The molecule has 1 aromatic rings. The van der Waals surface area contributed by atoms with Gasteiger partial charge in [-0.1, -0.05) is 13.8 Å². The summed E-state index contributed by atoms with van der Waals surface area (Å²) in [4.78, 5) is 15.8. The number of rotatable bonds is 4. The Morgan fingerprint density at radius 2 is 2.19 bits per heavy atom. The Balaban J connectivity index is 3.01. The highest BCUT2D eigenvalue weighted by Gasteiger charge is 2.19. The lowest BCUT2D eigenvalue weighted by atomic mass is 10.2. The number of hydrogen-bond acceptors (Lipinski definition) is 3. The summed E-state index contributed by atoms with van der Waals surface area (Å²) >= 11 is 3.36. The average molecular weight is 289 g/mol. The van der Waals surface area contributed by atoms with Gasteiger partial charge in [0.2, 0.25) is 0 Å². The fourth-order valence-electron chi connectivity index (χ4n) is 1.47. The second-order valence-corrected chi connectivity index (χ2v) is 4.75. The predicted molar refractivity (Wildman–Crippen MR) is 65.5 cm³/mol. The zero-order valence-electron chi connectivity index (χ0n) is 10.1. The molecule has 16 heavy (non-hydrogen) atoms. The van der Waals surface area contributed by atoms with Crippen LogP contribution in [0.15, 0.2) is 4.73 Å². The van der Waals surface area contributed by atoms with E-state index in [1.165, 1.54) is 0 Å². The first-order valence-electron chi connectivity index (χ1n) is 5.37. The minimum absolute atomic E-state index is 0.358. The number of nitrogens with zero attached hydrogens (tertiary/aromatic N) is 2. The van der Waals surface area contributed by atoms with Crippen molar-refractivity contribution < 1.29 is 9.53 Å². The number of carbonyl (C=O) groups excluding carboxylic acids is 1. The summed E-state index contributed by atoms with van der Waals surface area (Å²) in [5, 5.41) is 0. The van der Waals surface area contributed by atoms with Gasteiger partial charge < -0.3 is 9.30 Å². The molecule has 0 atom stereocenters. The standard InChI is InChI=1S/C11H17BrN2O2/c1-5-16-10(15)9-8(4)14(6-7(2)3)11(12)13-9/h7H,5-6H2,1-4H3.